The third-order valence-electron chi connectivity index (χ3n) is 2.35. The zero-order chi connectivity index (χ0) is 14.9. The minimum absolute atomic E-state index is 0.0379. The lowest BCUT2D eigenvalue weighted by Crippen LogP contribution is -2.12. The van der Waals surface area contributed by atoms with Crippen molar-refractivity contribution in [2.24, 2.45) is 0 Å². The van der Waals surface area contributed by atoms with Crippen molar-refractivity contribution >= 4 is 63.7 Å². The van der Waals surface area contributed by atoms with Crippen LogP contribution in [-0.4, -0.2) is 17.0 Å². The summed E-state index contributed by atoms with van der Waals surface area (Å²) in [7, 11) is 0. The average molecular weight is 351 g/mol. The Labute approximate surface area is 132 Å². The fraction of sp³-hybridized carbons (Fsp3) is 0. The van der Waals surface area contributed by atoms with Crippen molar-refractivity contribution in [1.82, 2.24) is 0 Å². The van der Waals surface area contributed by atoms with E-state index in [1.807, 2.05) is 0 Å². The number of nitrogens with one attached hydrogen (secondary N) is 1. The van der Waals surface area contributed by atoms with Gasteiger partial charge in [-0.05, 0) is 23.6 Å². The van der Waals surface area contributed by atoms with Crippen LogP contribution in [0.25, 0.3) is 0 Å². The molecular weight excluding hydrogens is 345 g/mol. The van der Waals surface area contributed by atoms with Crippen LogP contribution in [0.15, 0.2) is 23.6 Å². The maximum Gasteiger partial charge on any atom is 0.335 e. The summed E-state index contributed by atoms with van der Waals surface area (Å²) in [6, 6.07) is 4.01. The van der Waals surface area contributed by atoms with Gasteiger partial charge in [0.15, 0.2) is 0 Å². The highest BCUT2D eigenvalue weighted by molar-refractivity contribution is 7.12. The van der Waals surface area contributed by atoms with E-state index in [1.165, 1.54) is 23.5 Å². The molecule has 4 nitrogen and oxygen atoms in total. The van der Waals surface area contributed by atoms with E-state index >= 15 is 0 Å². The van der Waals surface area contributed by atoms with Crippen LogP contribution in [0.1, 0.15) is 20.0 Å². The first-order valence-electron chi connectivity index (χ1n) is 5.17. The number of thiophene rings is 1. The second kappa shape index (κ2) is 6.01. The number of benzene rings is 1. The predicted octanol–water partition coefficient (Wildman–Crippen LogP) is 4.66. The predicted molar refractivity (Wildman–Crippen MR) is 80.7 cm³/mol. The number of halogens is 3. The highest BCUT2D eigenvalue weighted by Crippen LogP contribution is 2.33. The van der Waals surface area contributed by atoms with Crippen LogP contribution < -0.4 is 5.32 Å². The Morgan fingerprint density at radius 1 is 1.10 bits per heavy atom. The second-order valence-electron chi connectivity index (χ2n) is 3.67. The van der Waals surface area contributed by atoms with E-state index in [-0.39, 0.29) is 21.3 Å². The molecule has 0 radical (unpaired) electrons. The molecule has 1 aromatic carbocycles. The van der Waals surface area contributed by atoms with Crippen LogP contribution >= 0.6 is 46.1 Å². The number of amides is 1. The van der Waals surface area contributed by atoms with Crippen LogP contribution in [0.3, 0.4) is 0 Å². The topological polar surface area (TPSA) is 66.4 Å². The molecule has 1 amide bonds. The molecule has 0 spiro atoms. The third kappa shape index (κ3) is 3.07. The average Bonchev–Trinajstić information content (AvgIpc) is 2.79. The normalized spacial score (nSPS) is 10.3. The second-order valence-corrected chi connectivity index (χ2v) is 5.81. The summed E-state index contributed by atoms with van der Waals surface area (Å²) in [6.45, 7) is 0. The summed E-state index contributed by atoms with van der Waals surface area (Å²) in [4.78, 5) is 23.2. The van der Waals surface area contributed by atoms with Crippen molar-refractivity contribution in [1.29, 1.82) is 0 Å². The molecular formula is C12H6Cl3NO3S. The fourth-order valence-electron chi connectivity index (χ4n) is 1.44. The van der Waals surface area contributed by atoms with Crippen molar-refractivity contribution < 1.29 is 14.7 Å². The van der Waals surface area contributed by atoms with Gasteiger partial charge in [0.1, 0.15) is 4.88 Å². The number of carbonyl (C=O) groups excluding carboxylic acids is 1. The van der Waals surface area contributed by atoms with Crippen LogP contribution in [0.5, 0.6) is 0 Å². The van der Waals surface area contributed by atoms with Gasteiger partial charge in [-0.1, -0.05) is 34.8 Å². The molecule has 0 fully saturated rings. The smallest absolute Gasteiger partial charge is 0.335 e. The number of anilines is 1. The first-order valence-corrected chi connectivity index (χ1v) is 7.18. The SMILES string of the molecule is O=C(O)c1cc(Cl)c(NC(=O)c2sccc2Cl)c(Cl)c1. The van der Waals surface area contributed by atoms with E-state index in [0.717, 1.165) is 0 Å². The molecule has 0 saturated heterocycles. The lowest BCUT2D eigenvalue weighted by atomic mass is 10.2. The van der Waals surface area contributed by atoms with Gasteiger partial charge >= 0.3 is 5.97 Å². The molecule has 20 heavy (non-hydrogen) atoms. The summed E-state index contributed by atoms with van der Waals surface area (Å²) in [5.41, 5.74) is 0.0833. The monoisotopic (exact) mass is 349 g/mol. The van der Waals surface area contributed by atoms with E-state index in [0.29, 0.717) is 9.90 Å². The maximum absolute atomic E-state index is 12.0. The van der Waals surface area contributed by atoms with Gasteiger partial charge in [0.2, 0.25) is 0 Å². The van der Waals surface area contributed by atoms with Gasteiger partial charge in [0.05, 0.1) is 26.3 Å². The first-order chi connectivity index (χ1) is 9.40. The zero-order valence-electron chi connectivity index (χ0n) is 9.62. The number of carboxylic acids is 1. The Balaban J connectivity index is 2.33. The van der Waals surface area contributed by atoms with E-state index < -0.39 is 11.9 Å². The van der Waals surface area contributed by atoms with Crippen LogP contribution in [0.4, 0.5) is 5.69 Å². The molecule has 2 aromatic rings. The lowest BCUT2D eigenvalue weighted by Gasteiger charge is -2.09. The maximum atomic E-state index is 12.0. The van der Waals surface area contributed by atoms with Gasteiger partial charge in [-0.3, -0.25) is 4.79 Å². The van der Waals surface area contributed by atoms with Gasteiger partial charge < -0.3 is 10.4 Å². The highest BCUT2D eigenvalue weighted by atomic mass is 35.5. The van der Waals surface area contributed by atoms with Crippen molar-refractivity contribution in [3.8, 4) is 0 Å². The fourth-order valence-corrected chi connectivity index (χ4v) is 3.06. The first kappa shape index (κ1) is 15.1. The molecule has 1 aromatic heterocycles. The van der Waals surface area contributed by atoms with Gasteiger partial charge in [-0.2, -0.15) is 0 Å². The summed E-state index contributed by atoms with van der Waals surface area (Å²) < 4.78 is 0. The van der Waals surface area contributed by atoms with Crippen molar-refractivity contribution in [3.05, 3.63) is 49.1 Å². The van der Waals surface area contributed by atoms with Crippen LogP contribution in [-0.2, 0) is 0 Å². The van der Waals surface area contributed by atoms with Gasteiger partial charge in [-0.25, -0.2) is 4.79 Å². The van der Waals surface area contributed by atoms with E-state index in [9.17, 15) is 9.59 Å². The molecule has 0 aliphatic carbocycles. The standard InChI is InChI=1S/C12H6Cl3NO3S/c13-6-1-2-20-10(6)11(17)16-9-7(14)3-5(12(18)19)4-8(9)15/h1-4H,(H,16,17)(H,18,19). The van der Waals surface area contributed by atoms with Crippen molar-refractivity contribution in [2.45, 2.75) is 0 Å². The molecule has 104 valence electrons. The zero-order valence-corrected chi connectivity index (χ0v) is 12.7. The number of hydrogen-bond acceptors (Lipinski definition) is 3. The highest BCUT2D eigenvalue weighted by Gasteiger charge is 2.17. The number of aromatic carboxylic acids is 1. The van der Waals surface area contributed by atoms with Crippen molar-refractivity contribution in [3.63, 3.8) is 0 Å². The summed E-state index contributed by atoms with van der Waals surface area (Å²) in [5, 5.41) is 13.5. The minimum Gasteiger partial charge on any atom is -0.478 e. The van der Waals surface area contributed by atoms with E-state index in [1.54, 1.807) is 11.4 Å². The van der Waals surface area contributed by atoms with Gasteiger partial charge in [0.25, 0.3) is 5.91 Å². The molecule has 2 rings (SSSR count). The lowest BCUT2D eigenvalue weighted by molar-refractivity contribution is 0.0696. The Hall–Kier alpha value is -1.27. The Morgan fingerprint density at radius 3 is 2.15 bits per heavy atom. The third-order valence-corrected chi connectivity index (χ3v) is 4.29. The van der Waals surface area contributed by atoms with E-state index in [2.05, 4.69) is 5.32 Å². The molecule has 1 heterocycles. The number of carboxylic acid groups (broad SMARTS) is 1. The largest absolute Gasteiger partial charge is 0.478 e. The number of hydrogen-bond donors (Lipinski definition) is 2. The number of rotatable bonds is 3. The molecule has 0 aliphatic heterocycles. The minimum atomic E-state index is -1.16. The van der Waals surface area contributed by atoms with Crippen molar-refractivity contribution in [2.75, 3.05) is 5.32 Å². The molecule has 0 saturated carbocycles. The van der Waals surface area contributed by atoms with Gasteiger partial charge in [-0.15, -0.1) is 11.3 Å². The summed E-state index contributed by atoms with van der Waals surface area (Å²) >= 11 is 18.9. The molecule has 2 N–H and O–H groups in total. The quantitative estimate of drug-likeness (QED) is 0.846. The summed E-state index contributed by atoms with van der Waals surface area (Å²) in [5.74, 6) is -1.62. The van der Waals surface area contributed by atoms with Gasteiger partial charge in [0, 0.05) is 0 Å². The summed E-state index contributed by atoms with van der Waals surface area (Å²) in [6.07, 6.45) is 0. The molecule has 0 unspecified atom stereocenters. The Kier molecular flexibility index (Phi) is 4.55. The van der Waals surface area contributed by atoms with Crippen LogP contribution in [0.2, 0.25) is 15.1 Å². The molecule has 0 aliphatic rings. The molecule has 8 heteroatoms. The Bertz CT molecular complexity index is 676. The molecule has 0 atom stereocenters. The Morgan fingerprint density at radius 2 is 1.70 bits per heavy atom. The molecule has 0 bridgehead atoms. The van der Waals surface area contributed by atoms with Crippen LogP contribution in [0, 0.1) is 0 Å². The number of carbonyl (C=O) groups is 2. The van der Waals surface area contributed by atoms with E-state index in [4.69, 9.17) is 39.9 Å².